The van der Waals surface area contributed by atoms with E-state index in [1.54, 1.807) is 0 Å². The van der Waals surface area contributed by atoms with Gasteiger partial charge in [0, 0.05) is 63.4 Å². The predicted molar refractivity (Wildman–Crippen MR) is 106 cm³/mol. The molecule has 3 aliphatic heterocycles. The zero-order valence-electron chi connectivity index (χ0n) is 16.3. The molecule has 0 aliphatic carbocycles. The molecule has 0 aromatic carbocycles. The highest BCUT2D eigenvalue weighted by atomic mass is 32.2. The Labute approximate surface area is 162 Å². The molecule has 3 saturated heterocycles. The number of carbonyl (C=O) groups excluding carboxylic acids is 2. The first-order valence-electron chi connectivity index (χ1n) is 10.2. The maximum atomic E-state index is 12.8. The van der Waals surface area contributed by atoms with E-state index in [9.17, 15) is 9.59 Å². The molecule has 148 valence electrons. The Bertz CT molecular complexity index is 488. The highest BCUT2D eigenvalue weighted by Crippen LogP contribution is 2.22. The average molecular weight is 383 g/mol. The van der Waals surface area contributed by atoms with Crippen molar-refractivity contribution in [1.29, 1.82) is 0 Å². The molecule has 3 rings (SSSR count). The fourth-order valence-corrected chi connectivity index (χ4v) is 5.32. The van der Waals surface area contributed by atoms with Crippen molar-refractivity contribution in [1.82, 2.24) is 20.0 Å². The van der Waals surface area contributed by atoms with E-state index in [0.717, 1.165) is 39.0 Å². The van der Waals surface area contributed by atoms with Crippen molar-refractivity contribution >= 4 is 23.6 Å². The van der Waals surface area contributed by atoms with Gasteiger partial charge in [-0.25, -0.2) is 0 Å². The third-order valence-corrected chi connectivity index (χ3v) is 6.73. The van der Waals surface area contributed by atoms with Gasteiger partial charge < -0.3 is 10.2 Å². The summed E-state index contributed by atoms with van der Waals surface area (Å²) in [6.07, 6.45) is 2.47. The van der Waals surface area contributed by atoms with Crippen LogP contribution in [0.15, 0.2) is 0 Å². The van der Waals surface area contributed by atoms with Crippen LogP contribution in [0.4, 0.5) is 0 Å². The number of likely N-dealkylation sites (tertiary alicyclic amines) is 1. The van der Waals surface area contributed by atoms with Gasteiger partial charge in [-0.2, -0.15) is 11.8 Å². The normalized spacial score (nSPS) is 27.0. The third kappa shape index (κ3) is 5.14. The molecule has 0 aromatic rings. The number of carbonyl (C=O) groups is 2. The summed E-state index contributed by atoms with van der Waals surface area (Å²) in [5.74, 6) is 3.14. The maximum Gasteiger partial charge on any atom is 0.237 e. The van der Waals surface area contributed by atoms with Crippen molar-refractivity contribution in [3.05, 3.63) is 0 Å². The van der Waals surface area contributed by atoms with E-state index in [1.807, 2.05) is 16.7 Å². The van der Waals surface area contributed by atoms with Crippen LogP contribution in [0.5, 0.6) is 0 Å². The number of piperidine rings is 1. The molecule has 1 N–H and O–H groups in total. The lowest BCUT2D eigenvalue weighted by atomic mass is 10.0. The Balaban J connectivity index is 1.50. The number of hydrogen-bond acceptors (Lipinski definition) is 5. The fourth-order valence-electron chi connectivity index (χ4n) is 4.39. The first kappa shape index (κ1) is 20.0. The summed E-state index contributed by atoms with van der Waals surface area (Å²) in [6, 6.07) is 0.339. The molecule has 0 bridgehead atoms. The van der Waals surface area contributed by atoms with Crippen LogP contribution in [0, 0.1) is 5.92 Å². The van der Waals surface area contributed by atoms with Crippen molar-refractivity contribution in [3.8, 4) is 0 Å². The molecule has 6 nitrogen and oxygen atoms in total. The topological polar surface area (TPSA) is 55.9 Å². The van der Waals surface area contributed by atoms with Crippen LogP contribution in [0.1, 0.15) is 33.1 Å². The monoisotopic (exact) mass is 382 g/mol. The van der Waals surface area contributed by atoms with Gasteiger partial charge in [0.1, 0.15) is 0 Å². The van der Waals surface area contributed by atoms with Gasteiger partial charge in [0.25, 0.3) is 0 Å². The van der Waals surface area contributed by atoms with Crippen LogP contribution in [0.3, 0.4) is 0 Å². The number of hydrogen-bond donors (Lipinski definition) is 1. The van der Waals surface area contributed by atoms with Gasteiger partial charge in [-0.1, -0.05) is 13.8 Å². The molecular weight excluding hydrogens is 348 g/mol. The molecule has 1 unspecified atom stereocenters. The largest absolute Gasteiger partial charge is 0.353 e. The number of piperazine rings is 1. The lowest BCUT2D eigenvalue weighted by molar-refractivity contribution is -0.140. The molecule has 3 aliphatic rings. The Morgan fingerprint density at radius 1 is 1.15 bits per heavy atom. The maximum absolute atomic E-state index is 12.8. The van der Waals surface area contributed by atoms with Crippen LogP contribution in [-0.4, -0.2) is 95.9 Å². The molecule has 0 saturated carbocycles. The molecule has 1 atom stereocenters. The first-order chi connectivity index (χ1) is 12.5. The Hall–Kier alpha value is -0.790. The van der Waals surface area contributed by atoms with Gasteiger partial charge in [0.05, 0.1) is 12.5 Å². The number of thioether (sulfide) groups is 1. The average Bonchev–Trinajstić information content (AvgIpc) is 2.65. The lowest BCUT2D eigenvalue weighted by Gasteiger charge is -2.41. The zero-order chi connectivity index (χ0) is 18.5. The second-order valence-corrected chi connectivity index (χ2v) is 9.38. The van der Waals surface area contributed by atoms with Crippen molar-refractivity contribution in [2.45, 2.75) is 45.2 Å². The minimum absolute atomic E-state index is 0.0194. The van der Waals surface area contributed by atoms with Crippen molar-refractivity contribution in [3.63, 3.8) is 0 Å². The van der Waals surface area contributed by atoms with E-state index in [4.69, 9.17) is 0 Å². The van der Waals surface area contributed by atoms with Crippen LogP contribution >= 0.6 is 11.8 Å². The molecule has 0 spiro atoms. The number of nitrogens with zero attached hydrogens (tertiary/aromatic N) is 3. The van der Waals surface area contributed by atoms with Gasteiger partial charge in [0.15, 0.2) is 0 Å². The third-order valence-electron chi connectivity index (χ3n) is 5.79. The Morgan fingerprint density at radius 2 is 1.85 bits per heavy atom. The minimum Gasteiger partial charge on any atom is -0.353 e. The van der Waals surface area contributed by atoms with Gasteiger partial charge in [-0.05, 0) is 18.8 Å². The summed E-state index contributed by atoms with van der Waals surface area (Å²) in [5.41, 5.74) is 0. The van der Waals surface area contributed by atoms with Crippen LogP contribution in [-0.2, 0) is 9.59 Å². The SMILES string of the molecule is CC(C)CN1CCNC(=O)C1CC(=O)N1CCC(N2CCSCC2)CC1. The quantitative estimate of drug-likeness (QED) is 0.765. The molecule has 3 heterocycles. The van der Waals surface area contributed by atoms with E-state index in [0.29, 0.717) is 24.9 Å². The summed E-state index contributed by atoms with van der Waals surface area (Å²) < 4.78 is 0. The highest BCUT2D eigenvalue weighted by molar-refractivity contribution is 7.99. The summed E-state index contributed by atoms with van der Waals surface area (Å²) >= 11 is 2.04. The fraction of sp³-hybridized carbons (Fsp3) is 0.895. The lowest BCUT2D eigenvalue weighted by Crippen LogP contribution is -2.58. The predicted octanol–water partition coefficient (Wildman–Crippen LogP) is 0.873. The number of nitrogens with one attached hydrogen (secondary N) is 1. The summed E-state index contributed by atoms with van der Waals surface area (Å²) in [6.45, 7) is 10.8. The summed E-state index contributed by atoms with van der Waals surface area (Å²) in [4.78, 5) is 32.0. The van der Waals surface area contributed by atoms with E-state index in [-0.39, 0.29) is 17.9 Å². The smallest absolute Gasteiger partial charge is 0.237 e. The minimum atomic E-state index is -0.296. The molecule has 3 fully saturated rings. The molecule has 0 radical (unpaired) electrons. The van der Waals surface area contributed by atoms with Crippen LogP contribution < -0.4 is 5.32 Å². The Kier molecular flexibility index (Phi) is 7.23. The molecule has 2 amide bonds. The van der Waals surface area contributed by atoms with Gasteiger partial charge in [0.2, 0.25) is 11.8 Å². The zero-order valence-corrected chi connectivity index (χ0v) is 17.1. The van der Waals surface area contributed by atoms with E-state index < -0.39 is 0 Å². The molecular formula is C19H34N4O2S. The van der Waals surface area contributed by atoms with Gasteiger partial charge >= 0.3 is 0 Å². The standard InChI is InChI=1S/C19H34N4O2S/c1-15(2)14-23-8-5-20-19(25)17(23)13-18(24)22-6-3-16(4-7-22)21-9-11-26-12-10-21/h15-17H,3-14H2,1-2H3,(H,20,25). The summed E-state index contributed by atoms with van der Waals surface area (Å²) in [7, 11) is 0. The van der Waals surface area contributed by atoms with Gasteiger partial charge in [-0.15, -0.1) is 0 Å². The first-order valence-corrected chi connectivity index (χ1v) is 11.3. The highest BCUT2D eigenvalue weighted by Gasteiger charge is 2.34. The van der Waals surface area contributed by atoms with E-state index in [2.05, 4.69) is 29.0 Å². The van der Waals surface area contributed by atoms with Crippen molar-refractivity contribution < 1.29 is 9.59 Å². The van der Waals surface area contributed by atoms with Crippen LogP contribution in [0.2, 0.25) is 0 Å². The second kappa shape index (κ2) is 9.42. The molecule has 0 aromatic heterocycles. The summed E-state index contributed by atoms with van der Waals surface area (Å²) in [5, 5.41) is 2.93. The van der Waals surface area contributed by atoms with E-state index in [1.165, 1.54) is 24.6 Å². The number of amides is 2. The van der Waals surface area contributed by atoms with E-state index >= 15 is 0 Å². The van der Waals surface area contributed by atoms with Crippen molar-refractivity contribution in [2.75, 3.05) is 57.3 Å². The molecule has 7 heteroatoms. The number of rotatable bonds is 5. The second-order valence-electron chi connectivity index (χ2n) is 8.16. The van der Waals surface area contributed by atoms with Crippen molar-refractivity contribution in [2.24, 2.45) is 5.92 Å². The molecule has 26 heavy (non-hydrogen) atoms. The van der Waals surface area contributed by atoms with Crippen LogP contribution in [0.25, 0.3) is 0 Å². The Morgan fingerprint density at radius 3 is 2.50 bits per heavy atom. The van der Waals surface area contributed by atoms with Gasteiger partial charge in [-0.3, -0.25) is 19.4 Å².